The largest absolute Gasteiger partial charge is 0.338 e. The van der Waals surface area contributed by atoms with Crippen molar-refractivity contribution in [2.75, 3.05) is 6.54 Å². The number of nitrogens with one attached hydrogen (secondary N) is 2. The number of urea groups is 1. The quantitative estimate of drug-likeness (QED) is 0.887. The average molecular weight is 340 g/mol. The van der Waals surface area contributed by atoms with Crippen LogP contribution in [0.15, 0.2) is 30.5 Å². The van der Waals surface area contributed by atoms with E-state index in [-0.39, 0.29) is 17.5 Å². The number of benzene rings is 1. The number of nitrogens with zero attached hydrogens (tertiary/aromatic N) is 2. The normalized spacial score (nSPS) is 18.5. The number of rotatable bonds is 4. The summed E-state index contributed by atoms with van der Waals surface area (Å²) >= 11 is 0. The molecule has 2 N–H and O–H groups in total. The van der Waals surface area contributed by atoms with Gasteiger partial charge in [0.2, 0.25) is 0 Å². The van der Waals surface area contributed by atoms with Crippen molar-refractivity contribution in [2.24, 2.45) is 5.41 Å². The molecular weight excluding hydrogens is 312 g/mol. The van der Waals surface area contributed by atoms with E-state index in [1.807, 2.05) is 17.8 Å². The van der Waals surface area contributed by atoms with Crippen molar-refractivity contribution in [2.45, 2.75) is 53.0 Å². The van der Waals surface area contributed by atoms with Crippen LogP contribution in [0.5, 0.6) is 0 Å². The second kappa shape index (κ2) is 6.90. The summed E-state index contributed by atoms with van der Waals surface area (Å²) < 4.78 is 2.02. The first-order chi connectivity index (χ1) is 11.9. The molecule has 0 bridgehead atoms. The van der Waals surface area contributed by atoms with Gasteiger partial charge in [0, 0.05) is 12.1 Å². The minimum Gasteiger partial charge on any atom is -0.338 e. The highest BCUT2D eigenvalue weighted by atomic mass is 16.2. The second-order valence-corrected chi connectivity index (χ2v) is 7.79. The molecule has 134 valence electrons. The summed E-state index contributed by atoms with van der Waals surface area (Å²) in [5, 5.41) is 10.7. The summed E-state index contributed by atoms with van der Waals surface area (Å²) in [4.78, 5) is 12.2. The lowest BCUT2D eigenvalue weighted by Gasteiger charge is -2.36. The number of hydrogen-bond acceptors (Lipinski definition) is 2. The van der Waals surface area contributed by atoms with Crippen molar-refractivity contribution < 1.29 is 4.79 Å². The highest BCUT2D eigenvalue weighted by Crippen LogP contribution is 2.41. The maximum atomic E-state index is 12.2. The number of hydrogen-bond donors (Lipinski definition) is 2. The van der Waals surface area contributed by atoms with Gasteiger partial charge < -0.3 is 10.6 Å². The van der Waals surface area contributed by atoms with Crippen LogP contribution in [0.2, 0.25) is 0 Å². The molecule has 0 fully saturated rings. The summed E-state index contributed by atoms with van der Waals surface area (Å²) in [7, 11) is 0. The lowest BCUT2D eigenvalue weighted by molar-refractivity contribution is 0.221. The Hall–Kier alpha value is -2.30. The monoisotopic (exact) mass is 340 g/mol. The van der Waals surface area contributed by atoms with E-state index in [9.17, 15) is 4.79 Å². The summed E-state index contributed by atoms with van der Waals surface area (Å²) in [6.07, 6.45) is 4.71. The van der Waals surface area contributed by atoms with E-state index >= 15 is 0 Å². The number of amides is 2. The molecule has 1 aliphatic rings. The standard InChI is InChI=1S/C20H28N4O/c1-5-10-21-19(25)23-17-11-20(3,4)12-18-16(17)13-22-24(18)15-8-6-14(2)7-9-15/h6-9,13,17H,5,10-12H2,1-4H3,(H2,21,23,25). The summed E-state index contributed by atoms with van der Waals surface area (Å²) in [6, 6.07) is 8.30. The van der Waals surface area contributed by atoms with Gasteiger partial charge in [-0.25, -0.2) is 9.48 Å². The van der Waals surface area contributed by atoms with E-state index in [2.05, 4.69) is 60.8 Å². The molecule has 1 atom stereocenters. The maximum Gasteiger partial charge on any atom is 0.315 e. The van der Waals surface area contributed by atoms with Gasteiger partial charge in [0.25, 0.3) is 0 Å². The van der Waals surface area contributed by atoms with Gasteiger partial charge in [-0.15, -0.1) is 0 Å². The molecule has 0 spiro atoms. The Morgan fingerprint density at radius 2 is 2.04 bits per heavy atom. The molecule has 5 nitrogen and oxygen atoms in total. The van der Waals surface area contributed by atoms with Gasteiger partial charge in [-0.3, -0.25) is 0 Å². The highest BCUT2D eigenvalue weighted by molar-refractivity contribution is 5.74. The molecule has 0 radical (unpaired) electrons. The number of aryl methyl sites for hydroxylation is 1. The Morgan fingerprint density at radius 1 is 1.32 bits per heavy atom. The van der Waals surface area contributed by atoms with Gasteiger partial charge in [0.1, 0.15) is 0 Å². The first-order valence-corrected chi connectivity index (χ1v) is 9.08. The number of aromatic nitrogens is 2. The smallest absolute Gasteiger partial charge is 0.315 e. The van der Waals surface area contributed by atoms with Crippen molar-refractivity contribution in [3.63, 3.8) is 0 Å². The van der Waals surface area contributed by atoms with Gasteiger partial charge in [-0.05, 0) is 43.7 Å². The SMILES string of the molecule is CCCNC(=O)NC1CC(C)(C)Cc2c1cnn2-c1ccc(C)cc1. The van der Waals surface area contributed by atoms with Gasteiger partial charge in [0.05, 0.1) is 23.6 Å². The minimum absolute atomic E-state index is 0.00481. The number of carbonyl (C=O) groups excluding carboxylic acids is 1. The molecular formula is C20H28N4O. The van der Waals surface area contributed by atoms with Crippen molar-refractivity contribution in [3.8, 4) is 5.69 Å². The molecule has 2 amide bonds. The molecule has 3 rings (SSSR count). The van der Waals surface area contributed by atoms with Crippen LogP contribution in [0.3, 0.4) is 0 Å². The van der Waals surface area contributed by atoms with Crippen LogP contribution in [-0.2, 0) is 6.42 Å². The number of fused-ring (bicyclic) bond motifs is 1. The Morgan fingerprint density at radius 3 is 2.72 bits per heavy atom. The topological polar surface area (TPSA) is 59.0 Å². The zero-order chi connectivity index (χ0) is 18.0. The van der Waals surface area contributed by atoms with Gasteiger partial charge >= 0.3 is 6.03 Å². The van der Waals surface area contributed by atoms with Gasteiger partial charge in [-0.2, -0.15) is 5.10 Å². The molecule has 0 saturated heterocycles. The van der Waals surface area contributed by atoms with Crippen molar-refractivity contribution in [3.05, 3.63) is 47.3 Å². The predicted octanol–water partition coefficient (Wildman–Crippen LogP) is 3.90. The fraction of sp³-hybridized carbons (Fsp3) is 0.500. The van der Waals surface area contributed by atoms with E-state index in [0.717, 1.165) is 30.5 Å². The van der Waals surface area contributed by atoms with Gasteiger partial charge in [0.15, 0.2) is 0 Å². The Bertz CT molecular complexity index is 746. The summed E-state index contributed by atoms with van der Waals surface area (Å²) in [5.41, 5.74) is 4.74. The molecule has 1 aliphatic carbocycles. The lowest BCUT2D eigenvalue weighted by atomic mass is 9.74. The molecule has 2 aromatic rings. The first-order valence-electron chi connectivity index (χ1n) is 9.08. The van der Waals surface area contributed by atoms with Crippen LogP contribution in [0.25, 0.3) is 5.69 Å². The average Bonchev–Trinajstić information content (AvgIpc) is 2.96. The van der Waals surface area contributed by atoms with Crippen molar-refractivity contribution in [1.29, 1.82) is 0 Å². The molecule has 0 aliphatic heterocycles. The fourth-order valence-electron chi connectivity index (χ4n) is 3.53. The van der Waals surface area contributed by atoms with Crippen molar-refractivity contribution >= 4 is 6.03 Å². The molecule has 1 heterocycles. The van der Waals surface area contributed by atoms with E-state index in [1.54, 1.807) is 0 Å². The zero-order valence-corrected chi connectivity index (χ0v) is 15.6. The molecule has 1 aromatic heterocycles. The molecule has 25 heavy (non-hydrogen) atoms. The van der Waals surface area contributed by atoms with Crippen LogP contribution in [0, 0.1) is 12.3 Å². The predicted molar refractivity (Wildman–Crippen MR) is 100.0 cm³/mol. The summed E-state index contributed by atoms with van der Waals surface area (Å²) in [5.74, 6) is 0. The third kappa shape index (κ3) is 3.86. The van der Waals surface area contributed by atoms with Crippen LogP contribution in [0.4, 0.5) is 4.79 Å². The molecule has 1 unspecified atom stereocenters. The Balaban J connectivity index is 1.90. The van der Waals surface area contributed by atoms with E-state index in [4.69, 9.17) is 0 Å². The molecule has 0 saturated carbocycles. The van der Waals surface area contributed by atoms with Crippen LogP contribution >= 0.6 is 0 Å². The van der Waals surface area contributed by atoms with E-state index < -0.39 is 0 Å². The van der Waals surface area contributed by atoms with Gasteiger partial charge in [-0.1, -0.05) is 38.5 Å². The van der Waals surface area contributed by atoms with Crippen LogP contribution < -0.4 is 10.6 Å². The third-order valence-electron chi connectivity index (χ3n) is 4.80. The van der Waals surface area contributed by atoms with E-state index in [0.29, 0.717) is 6.54 Å². The third-order valence-corrected chi connectivity index (χ3v) is 4.80. The fourth-order valence-corrected chi connectivity index (χ4v) is 3.53. The second-order valence-electron chi connectivity index (χ2n) is 7.79. The minimum atomic E-state index is -0.0985. The van der Waals surface area contributed by atoms with Crippen LogP contribution in [-0.4, -0.2) is 22.4 Å². The molecule has 1 aromatic carbocycles. The highest BCUT2D eigenvalue weighted by Gasteiger charge is 2.35. The number of carbonyl (C=O) groups is 1. The maximum absolute atomic E-state index is 12.2. The first kappa shape index (κ1) is 17.5. The van der Waals surface area contributed by atoms with Crippen LogP contribution in [0.1, 0.15) is 56.5 Å². The Labute approximate surface area is 149 Å². The molecule has 5 heteroatoms. The summed E-state index contributed by atoms with van der Waals surface area (Å²) in [6.45, 7) is 9.33. The van der Waals surface area contributed by atoms with E-state index in [1.165, 1.54) is 11.3 Å². The Kier molecular flexibility index (Phi) is 4.84. The lowest BCUT2D eigenvalue weighted by Crippen LogP contribution is -2.42. The van der Waals surface area contributed by atoms with Crippen molar-refractivity contribution in [1.82, 2.24) is 20.4 Å². The zero-order valence-electron chi connectivity index (χ0n) is 15.6.